The molecule has 3 nitrogen and oxygen atoms in total. The third-order valence-electron chi connectivity index (χ3n) is 3.72. The molecule has 1 aromatic heterocycles. The summed E-state index contributed by atoms with van der Waals surface area (Å²) in [5, 5.41) is 8.82. The van der Waals surface area contributed by atoms with Crippen LogP contribution in [0.3, 0.4) is 0 Å². The Morgan fingerprint density at radius 3 is 2.24 bits per heavy atom. The van der Waals surface area contributed by atoms with E-state index < -0.39 is 0 Å². The summed E-state index contributed by atoms with van der Waals surface area (Å²) in [7, 11) is 0. The number of hydrogen-bond acceptors (Lipinski definition) is 2. The van der Waals surface area contributed by atoms with E-state index in [9.17, 15) is 0 Å². The second-order valence-electron chi connectivity index (χ2n) is 5.92. The van der Waals surface area contributed by atoms with Crippen molar-refractivity contribution in [1.29, 1.82) is 0 Å². The lowest BCUT2D eigenvalue weighted by atomic mass is 9.80. The zero-order chi connectivity index (χ0) is 12.6. The van der Waals surface area contributed by atoms with Crippen LogP contribution in [-0.4, -0.2) is 14.8 Å². The van der Waals surface area contributed by atoms with Gasteiger partial charge in [-0.3, -0.25) is 4.57 Å². The monoisotopic (exact) mass is 255 g/mol. The molecule has 0 aliphatic heterocycles. The molecular formula is C13H22ClN3. The van der Waals surface area contributed by atoms with Gasteiger partial charge >= 0.3 is 0 Å². The van der Waals surface area contributed by atoms with Crippen LogP contribution in [0.1, 0.15) is 64.7 Å². The fourth-order valence-electron chi connectivity index (χ4n) is 3.13. The van der Waals surface area contributed by atoms with Gasteiger partial charge in [-0.15, -0.1) is 10.2 Å². The largest absolute Gasteiger partial charge is 0.298 e. The first-order chi connectivity index (χ1) is 7.99. The molecule has 1 aromatic rings. The molecule has 2 atom stereocenters. The summed E-state index contributed by atoms with van der Waals surface area (Å²) in [6, 6.07) is 0.480. The van der Waals surface area contributed by atoms with Crippen LogP contribution in [0.25, 0.3) is 0 Å². The molecule has 2 unspecified atom stereocenters. The zero-order valence-corrected chi connectivity index (χ0v) is 11.9. The molecule has 1 aliphatic carbocycles. The Morgan fingerprint density at radius 1 is 1.12 bits per heavy atom. The summed E-state index contributed by atoms with van der Waals surface area (Å²) < 4.78 is 2.17. The average Bonchev–Trinajstić information content (AvgIpc) is 2.58. The van der Waals surface area contributed by atoms with Crippen molar-refractivity contribution < 1.29 is 0 Å². The normalized spacial score (nSPS) is 29.9. The zero-order valence-electron chi connectivity index (χ0n) is 11.2. The average molecular weight is 256 g/mol. The third-order valence-corrected chi connectivity index (χ3v) is 3.97. The molecule has 4 heteroatoms. The molecule has 0 bridgehead atoms. The van der Waals surface area contributed by atoms with E-state index in [-0.39, 0.29) is 0 Å². The van der Waals surface area contributed by atoms with Crippen molar-refractivity contribution in [3.8, 4) is 0 Å². The molecule has 1 aliphatic rings. The molecule has 0 spiro atoms. The van der Waals surface area contributed by atoms with E-state index in [2.05, 4.69) is 42.5 Å². The van der Waals surface area contributed by atoms with E-state index in [1.54, 1.807) is 0 Å². The van der Waals surface area contributed by atoms with Crippen LogP contribution in [-0.2, 0) is 0 Å². The quantitative estimate of drug-likeness (QED) is 0.798. The second kappa shape index (κ2) is 4.97. The minimum atomic E-state index is 0.377. The van der Waals surface area contributed by atoms with Gasteiger partial charge in [-0.05, 0) is 42.7 Å². The predicted octanol–water partition coefficient (Wildman–Crippen LogP) is 4.05. The topological polar surface area (TPSA) is 30.7 Å². The first kappa shape index (κ1) is 12.9. The maximum absolute atomic E-state index is 6.21. The molecule has 17 heavy (non-hydrogen) atoms. The van der Waals surface area contributed by atoms with E-state index in [1.807, 2.05) is 0 Å². The summed E-state index contributed by atoms with van der Waals surface area (Å²) in [5.74, 6) is 2.94. The van der Waals surface area contributed by atoms with Crippen molar-refractivity contribution in [1.82, 2.24) is 14.8 Å². The summed E-state index contributed by atoms with van der Waals surface area (Å²) >= 11 is 6.21. The first-order valence-corrected chi connectivity index (χ1v) is 6.97. The Morgan fingerprint density at radius 2 is 1.71 bits per heavy atom. The standard InChI is InChI=1S/C13H22ClN3/c1-8(2)12-15-16-13(14)17(12)11-6-9(3)5-10(4)7-11/h8-11H,5-7H2,1-4H3. The molecule has 1 fully saturated rings. The highest BCUT2D eigenvalue weighted by Crippen LogP contribution is 2.38. The van der Waals surface area contributed by atoms with E-state index in [4.69, 9.17) is 11.6 Å². The van der Waals surface area contributed by atoms with Gasteiger partial charge in [-0.1, -0.05) is 27.7 Å². The van der Waals surface area contributed by atoms with Gasteiger partial charge in [0.05, 0.1) is 0 Å². The van der Waals surface area contributed by atoms with Crippen LogP contribution in [0.4, 0.5) is 0 Å². The van der Waals surface area contributed by atoms with Gasteiger partial charge in [0.2, 0.25) is 5.28 Å². The van der Waals surface area contributed by atoms with Crippen LogP contribution < -0.4 is 0 Å². The Labute approximate surface area is 109 Å². The highest BCUT2D eigenvalue weighted by Gasteiger charge is 2.29. The Bertz CT molecular complexity index is 376. The number of hydrogen-bond donors (Lipinski definition) is 0. The Hall–Kier alpha value is -0.570. The molecule has 2 rings (SSSR count). The lowest BCUT2D eigenvalue weighted by molar-refractivity contribution is 0.217. The van der Waals surface area contributed by atoms with Gasteiger partial charge in [-0.25, -0.2) is 0 Å². The summed E-state index contributed by atoms with van der Waals surface area (Å²) in [6.45, 7) is 8.95. The maximum Gasteiger partial charge on any atom is 0.225 e. The predicted molar refractivity (Wildman–Crippen MR) is 70.3 cm³/mol. The van der Waals surface area contributed by atoms with Crippen molar-refractivity contribution in [2.24, 2.45) is 11.8 Å². The number of aromatic nitrogens is 3. The molecule has 0 saturated heterocycles. The van der Waals surface area contributed by atoms with Crippen LogP contribution in [0.15, 0.2) is 0 Å². The summed E-state index contributed by atoms with van der Waals surface area (Å²) in [4.78, 5) is 0. The number of nitrogens with zero attached hydrogens (tertiary/aromatic N) is 3. The smallest absolute Gasteiger partial charge is 0.225 e. The SMILES string of the molecule is CC1CC(C)CC(n2c(Cl)nnc2C(C)C)C1. The molecule has 1 heterocycles. The van der Waals surface area contributed by atoms with Gasteiger partial charge in [0, 0.05) is 12.0 Å². The molecule has 0 amide bonds. The van der Waals surface area contributed by atoms with Crippen molar-refractivity contribution in [3.05, 3.63) is 11.1 Å². The number of rotatable bonds is 2. The van der Waals surface area contributed by atoms with Gasteiger partial charge in [0.1, 0.15) is 5.82 Å². The van der Waals surface area contributed by atoms with E-state index >= 15 is 0 Å². The Balaban J connectivity index is 2.29. The van der Waals surface area contributed by atoms with Crippen LogP contribution >= 0.6 is 11.6 Å². The lowest BCUT2D eigenvalue weighted by Crippen LogP contribution is -2.24. The third kappa shape index (κ3) is 2.65. The van der Waals surface area contributed by atoms with Gasteiger partial charge < -0.3 is 0 Å². The molecule has 0 N–H and O–H groups in total. The van der Waals surface area contributed by atoms with Crippen molar-refractivity contribution in [2.45, 2.75) is 58.9 Å². The summed E-state index contributed by atoms with van der Waals surface area (Å²) in [6.07, 6.45) is 3.72. The first-order valence-electron chi connectivity index (χ1n) is 6.59. The van der Waals surface area contributed by atoms with Crippen molar-refractivity contribution >= 4 is 11.6 Å². The minimum Gasteiger partial charge on any atom is -0.298 e. The highest BCUT2D eigenvalue weighted by atomic mass is 35.5. The fraction of sp³-hybridized carbons (Fsp3) is 0.846. The van der Waals surface area contributed by atoms with Gasteiger partial charge in [0.25, 0.3) is 0 Å². The molecule has 1 saturated carbocycles. The van der Waals surface area contributed by atoms with Gasteiger partial charge in [0.15, 0.2) is 0 Å². The maximum atomic E-state index is 6.21. The highest BCUT2D eigenvalue weighted by molar-refractivity contribution is 6.28. The fourth-order valence-corrected chi connectivity index (χ4v) is 3.39. The molecular weight excluding hydrogens is 234 g/mol. The van der Waals surface area contributed by atoms with E-state index in [0.29, 0.717) is 17.2 Å². The van der Waals surface area contributed by atoms with Crippen molar-refractivity contribution in [2.75, 3.05) is 0 Å². The molecule has 0 radical (unpaired) electrons. The van der Waals surface area contributed by atoms with Crippen LogP contribution in [0, 0.1) is 11.8 Å². The Kier molecular flexibility index (Phi) is 3.76. The number of halogens is 1. The van der Waals surface area contributed by atoms with Gasteiger partial charge in [-0.2, -0.15) is 0 Å². The molecule has 96 valence electrons. The van der Waals surface area contributed by atoms with Crippen LogP contribution in [0.2, 0.25) is 5.28 Å². The van der Waals surface area contributed by atoms with E-state index in [0.717, 1.165) is 17.7 Å². The minimum absolute atomic E-state index is 0.377. The van der Waals surface area contributed by atoms with E-state index in [1.165, 1.54) is 19.3 Å². The second-order valence-corrected chi connectivity index (χ2v) is 6.26. The molecule has 0 aromatic carbocycles. The summed E-state index contributed by atoms with van der Waals surface area (Å²) in [5.41, 5.74) is 0. The van der Waals surface area contributed by atoms with Crippen molar-refractivity contribution in [3.63, 3.8) is 0 Å². The van der Waals surface area contributed by atoms with Crippen LogP contribution in [0.5, 0.6) is 0 Å². The lowest BCUT2D eigenvalue weighted by Gasteiger charge is -2.33.